The number of carbonyl (C=O) groups excluding carboxylic acids is 1. The Morgan fingerprint density at radius 1 is 1.35 bits per heavy atom. The average molecular weight is 296 g/mol. The van der Waals surface area contributed by atoms with E-state index in [1.165, 1.54) is 6.26 Å². The lowest BCUT2D eigenvalue weighted by Gasteiger charge is -2.22. The molecule has 0 aromatic heterocycles. The second kappa shape index (κ2) is 5.93. The molecule has 2 N–H and O–H groups in total. The molecule has 1 aliphatic rings. The SMILES string of the molecule is CCNC(CS(C)(=O)=O)c1ccc2c(c1)CCC(=O)N2. The van der Waals surface area contributed by atoms with Gasteiger partial charge in [0.1, 0.15) is 9.84 Å². The van der Waals surface area contributed by atoms with E-state index in [9.17, 15) is 13.2 Å². The predicted octanol–water partition coefficient (Wildman–Crippen LogP) is 1.27. The smallest absolute Gasteiger partial charge is 0.224 e. The van der Waals surface area contributed by atoms with Crippen molar-refractivity contribution in [2.24, 2.45) is 0 Å². The van der Waals surface area contributed by atoms with Crippen molar-refractivity contribution in [1.29, 1.82) is 0 Å². The van der Waals surface area contributed by atoms with Crippen LogP contribution in [0.2, 0.25) is 0 Å². The van der Waals surface area contributed by atoms with Gasteiger partial charge in [0, 0.05) is 24.4 Å². The van der Waals surface area contributed by atoms with E-state index in [0.717, 1.165) is 16.8 Å². The highest BCUT2D eigenvalue weighted by molar-refractivity contribution is 7.90. The van der Waals surface area contributed by atoms with Gasteiger partial charge in [0.25, 0.3) is 0 Å². The standard InChI is InChI=1S/C14H20N2O3S/c1-3-15-13(9-20(2,18)19)11-4-6-12-10(8-11)5-7-14(17)16-12/h4,6,8,13,15H,3,5,7,9H2,1-2H3,(H,16,17). The van der Waals surface area contributed by atoms with Gasteiger partial charge in [-0.15, -0.1) is 0 Å². The molecule has 1 atom stereocenters. The molecule has 1 aliphatic heterocycles. The Labute approximate surface area is 119 Å². The zero-order chi connectivity index (χ0) is 14.8. The fourth-order valence-corrected chi connectivity index (χ4v) is 3.36. The van der Waals surface area contributed by atoms with Gasteiger partial charge < -0.3 is 10.6 Å². The van der Waals surface area contributed by atoms with Crippen LogP contribution in [0.25, 0.3) is 0 Å². The van der Waals surface area contributed by atoms with Gasteiger partial charge in [-0.2, -0.15) is 0 Å². The third-order valence-corrected chi connectivity index (χ3v) is 4.29. The van der Waals surface area contributed by atoms with Gasteiger partial charge in [0.05, 0.1) is 5.75 Å². The average Bonchev–Trinajstić information content (AvgIpc) is 2.36. The molecule has 0 radical (unpaired) electrons. The summed E-state index contributed by atoms with van der Waals surface area (Å²) in [6.07, 6.45) is 2.43. The Bertz CT molecular complexity index is 611. The van der Waals surface area contributed by atoms with Gasteiger partial charge in [0.15, 0.2) is 0 Å². The summed E-state index contributed by atoms with van der Waals surface area (Å²) in [6.45, 7) is 2.65. The van der Waals surface area contributed by atoms with Gasteiger partial charge in [-0.05, 0) is 30.2 Å². The fourth-order valence-electron chi connectivity index (χ4n) is 2.44. The van der Waals surface area contributed by atoms with Crippen LogP contribution in [0.1, 0.15) is 30.5 Å². The van der Waals surface area contributed by atoms with Gasteiger partial charge in [-0.3, -0.25) is 4.79 Å². The summed E-state index contributed by atoms with van der Waals surface area (Å²) in [5, 5.41) is 6.03. The van der Waals surface area contributed by atoms with E-state index in [-0.39, 0.29) is 17.7 Å². The molecule has 0 saturated heterocycles. The van der Waals surface area contributed by atoms with Crippen molar-refractivity contribution in [3.63, 3.8) is 0 Å². The Hall–Kier alpha value is -1.40. The highest BCUT2D eigenvalue weighted by atomic mass is 32.2. The maximum Gasteiger partial charge on any atom is 0.224 e. The van der Waals surface area contributed by atoms with Crippen LogP contribution in [0.3, 0.4) is 0 Å². The molecule has 1 unspecified atom stereocenters. The number of fused-ring (bicyclic) bond motifs is 1. The number of amides is 1. The molecule has 1 amide bonds. The minimum absolute atomic E-state index is 0.0321. The molecular formula is C14H20N2O3S. The Morgan fingerprint density at radius 3 is 2.75 bits per heavy atom. The maximum atomic E-state index is 11.5. The lowest BCUT2D eigenvalue weighted by atomic mass is 9.98. The number of hydrogen-bond acceptors (Lipinski definition) is 4. The zero-order valence-corrected chi connectivity index (χ0v) is 12.6. The highest BCUT2D eigenvalue weighted by Gasteiger charge is 2.20. The number of rotatable bonds is 5. The molecule has 5 nitrogen and oxygen atoms in total. The first-order chi connectivity index (χ1) is 9.39. The quantitative estimate of drug-likeness (QED) is 0.858. The van der Waals surface area contributed by atoms with Gasteiger partial charge in [0.2, 0.25) is 5.91 Å². The van der Waals surface area contributed by atoms with Crippen LogP contribution >= 0.6 is 0 Å². The molecule has 1 aromatic rings. The summed E-state index contributed by atoms with van der Waals surface area (Å²) in [5.41, 5.74) is 2.85. The lowest BCUT2D eigenvalue weighted by Crippen LogP contribution is -2.28. The first-order valence-electron chi connectivity index (χ1n) is 6.73. The number of nitrogens with one attached hydrogen (secondary N) is 2. The van der Waals surface area contributed by atoms with E-state index in [0.29, 0.717) is 19.4 Å². The lowest BCUT2D eigenvalue weighted by molar-refractivity contribution is -0.116. The Kier molecular flexibility index (Phi) is 4.45. The molecule has 0 aliphatic carbocycles. The van der Waals surface area contributed by atoms with Gasteiger partial charge >= 0.3 is 0 Å². The normalized spacial score (nSPS) is 16.4. The topological polar surface area (TPSA) is 75.3 Å². The summed E-state index contributed by atoms with van der Waals surface area (Å²) in [4.78, 5) is 11.3. The van der Waals surface area contributed by atoms with Crippen molar-refractivity contribution in [1.82, 2.24) is 5.32 Å². The minimum Gasteiger partial charge on any atom is -0.326 e. The summed E-state index contributed by atoms with van der Waals surface area (Å²) in [5.74, 6) is 0.107. The molecular weight excluding hydrogens is 276 g/mol. The van der Waals surface area contributed by atoms with Crippen molar-refractivity contribution in [3.05, 3.63) is 29.3 Å². The number of aryl methyl sites for hydroxylation is 1. The van der Waals surface area contributed by atoms with Crippen LogP contribution in [0.15, 0.2) is 18.2 Å². The van der Waals surface area contributed by atoms with E-state index < -0.39 is 9.84 Å². The van der Waals surface area contributed by atoms with E-state index in [2.05, 4.69) is 10.6 Å². The van der Waals surface area contributed by atoms with E-state index in [1.54, 1.807) is 0 Å². The van der Waals surface area contributed by atoms with Crippen molar-refractivity contribution < 1.29 is 13.2 Å². The van der Waals surface area contributed by atoms with E-state index >= 15 is 0 Å². The molecule has 0 bridgehead atoms. The number of anilines is 1. The number of benzene rings is 1. The molecule has 0 spiro atoms. The number of carbonyl (C=O) groups is 1. The fraction of sp³-hybridized carbons (Fsp3) is 0.500. The van der Waals surface area contributed by atoms with Gasteiger partial charge in [-0.25, -0.2) is 8.42 Å². The summed E-state index contributed by atoms with van der Waals surface area (Å²) >= 11 is 0. The molecule has 0 saturated carbocycles. The van der Waals surface area contributed by atoms with E-state index in [4.69, 9.17) is 0 Å². The first kappa shape index (κ1) is 15.0. The van der Waals surface area contributed by atoms with Crippen molar-refractivity contribution in [2.75, 3.05) is 23.9 Å². The summed E-state index contributed by atoms with van der Waals surface area (Å²) < 4.78 is 23.0. The highest BCUT2D eigenvalue weighted by Crippen LogP contribution is 2.26. The van der Waals surface area contributed by atoms with Crippen molar-refractivity contribution in [2.45, 2.75) is 25.8 Å². The van der Waals surface area contributed by atoms with E-state index in [1.807, 2.05) is 25.1 Å². The molecule has 2 rings (SSSR count). The van der Waals surface area contributed by atoms with Gasteiger partial charge in [-0.1, -0.05) is 19.1 Å². The number of hydrogen-bond donors (Lipinski definition) is 2. The molecule has 0 fully saturated rings. The minimum atomic E-state index is -3.06. The predicted molar refractivity (Wildman–Crippen MR) is 79.5 cm³/mol. The Morgan fingerprint density at radius 2 is 2.10 bits per heavy atom. The zero-order valence-electron chi connectivity index (χ0n) is 11.8. The van der Waals surface area contributed by atoms with Crippen LogP contribution in [0.4, 0.5) is 5.69 Å². The first-order valence-corrected chi connectivity index (χ1v) is 8.79. The monoisotopic (exact) mass is 296 g/mol. The number of sulfone groups is 1. The molecule has 110 valence electrons. The van der Waals surface area contributed by atoms with Crippen LogP contribution < -0.4 is 10.6 Å². The molecule has 6 heteroatoms. The van der Waals surface area contributed by atoms with Crippen molar-refractivity contribution >= 4 is 21.4 Å². The van der Waals surface area contributed by atoms with Crippen LogP contribution in [-0.4, -0.2) is 32.9 Å². The largest absolute Gasteiger partial charge is 0.326 e. The van der Waals surface area contributed by atoms with Crippen LogP contribution in [-0.2, 0) is 21.1 Å². The second-order valence-corrected chi connectivity index (χ2v) is 7.35. The maximum absolute atomic E-state index is 11.5. The third kappa shape index (κ3) is 3.80. The summed E-state index contributed by atoms with van der Waals surface area (Å²) in [7, 11) is -3.06. The van der Waals surface area contributed by atoms with Crippen molar-refractivity contribution in [3.8, 4) is 0 Å². The molecule has 20 heavy (non-hydrogen) atoms. The second-order valence-electron chi connectivity index (χ2n) is 5.17. The van der Waals surface area contributed by atoms with Crippen LogP contribution in [0.5, 0.6) is 0 Å². The third-order valence-electron chi connectivity index (χ3n) is 3.35. The molecule has 1 aromatic carbocycles. The molecule has 1 heterocycles. The Balaban J connectivity index is 2.28. The summed E-state index contributed by atoms with van der Waals surface area (Å²) in [6, 6.07) is 5.52. The van der Waals surface area contributed by atoms with Crippen LogP contribution in [0, 0.1) is 0 Å².